The van der Waals surface area contributed by atoms with Gasteiger partial charge in [-0.25, -0.2) is 8.78 Å². The van der Waals surface area contributed by atoms with Gasteiger partial charge in [-0.2, -0.15) is 0 Å². The van der Waals surface area contributed by atoms with Gasteiger partial charge in [-0.15, -0.1) is 0 Å². The summed E-state index contributed by atoms with van der Waals surface area (Å²) in [6.07, 6.45) is 3.67. The van der Waals surface area contributed by atoms with Gasteiger partial charge in [0.1, 0.15) is 0 Å². The van der Waals surface area contributed by atoms with Gasteiger partial charge in [0.2, 0.25) is 5.91 Å². The van der Waals surface area contributed by atoms with Crippen LogP contribution in [0.25, 0.3) is 0 Å². The maximum atomic E-state index is 15.6. The van der Waals surface area contributed by atoms with Crippen molar-refractivity contribution in [2.24, 2.45) is 23.2 Å². The minimum Gasteiger partial charge on any atom is -0.423 e. The molecule has 1 aromatic rings. The summed E-state index contributed by atoms with van der Waals surface area (Å²) in [5, 5.41) is 19.2. The topological polar surface area (TPSA) is 64.0 Å². The van der Waals surface area contributed by atoms with E-state index in [1.54, 1.807) is 6.07 Å². The highest BCUT2D eigenvalue weighted by atomic mass is 19.3. The summed E-state index contributed by atoms with van der Waals surface area (Å²) in [6.45, 7) is 9.36. The second kappa shape index (κ2) is 9.66. The monoisotopic (exact) mass is 502 g/mol. The van der Waals surface area contributed by atoms with Crippen LogP contribution in [0.4, 0.5) is 8.78 Å². The molecule has 1 aliphatic heterocycles. The summed E-state index contributed by atoms with van der Waals surface area (Å²) in [5.74, 6) is -2.40. The number of aryl methyl sites for hydroxylation is 1. The van der Waals surface area contributed by atoms with E-state index in [1.807, 2.05) is 24.0 Å². The summed E-state index contributed by atoms with van der Waals surface area (Å²) < 4.78 is 31.1. The largest absolute Gasteiger partial charge is 0.488 e. The van der Waals surface area contributed by atoms with Crippen molar-refractivity contribution in [2.45, 2.75) is 83.6 Å². The van der Waals surface area contributed by atoms with Gasteiger partial charge in [0.25, 0.3) is 5.92 Å². The molecule has 36 heavy (non-hydrogen) atoms. The number of carbonyl (C=O) groups is 1. The van der Waals surface area contributed by atoms with Gasteiger partial charge >= 0.3 is 7.12 Å². The number of piperazine rings is 1. The van der Waals surface area contributed by atoms with Gasteiger partial charge in [0, 0.05) is 50.5 Å². The van der Waals surface area contributed by atoms with Crippen LogP contribution in [0.15, 0.2) is 18.2 Å². The Labute approximate surface area is 214 Å². The molecule has 1 amide bonds. The second-order valence-corrected chi connectivity index (χ2v) is 12.3. The molecule has 1 saturated heterocycles. The molecule has 0 bridgehead atoms. The van der Waals surface area contributed by atoms with Crippen molar-refractivity contribution < 1.29 is 23.6 Å². The zero-order valence-corrected chi connectivity index (χ0v) is 21.9. The van der Waals surface area contributed by atoms with Crippen LogP contribution in [-0.2, 0) is 11.2 Å². The minimum atomic E-state index is -2.70. The van der Waals surface area contributed by atoms with E-state index >= 15 is 8.78 Å². The zero-order valence-electron chi connectivity index (χ0n) is 21.9. The predicted molar refractivity (Wildman–Crippen MR) is 137 cm³/mol. The van der Waals surface area contributed by atoms with Crippen LogP contribution in [0.2, 0.25) is 0 Å². The molecule has 3 unspecified atom stereocenters. The summed E-state index contributed by atoms with van der Waals surface area (Å²) in [5.41, 5.74) is 1.81. The first-order chi connectivity index (χ1) is 17.0. The second-order valence-electron chi connectivity index (χ2n) is 12.3. The molecule has 1 heterocycles. The Morgan fingerprint density at radius 3 is 2.56 bits per heavy atom. The molecule has 5 atom stereocenters. The van der Waals surface area contributed by atoms with Crippen LogP contribution in [-0.4, -0.2) is 71.0 Å². The van der Waals surface area contributed by atoms with Gasteiger partial charge in [-0.3, -0.25) is 9.69 Å². The average molecular weight is 502 g/mol. The van der Waals surface area contributed by atoms with Crippen molar-refractivity contribution in [3.8, 4) is 0 Å². The molecule has 2 N–H and O–H groups in total. The molecule has 2 saturated carbocycles. The lowest BCUT2D eigenvalue weighted by atomic mass is 9.53. The van der Waals surface area contributed by atoms with Crippen LogP contribution >= 0.6 is 0 Å². The lowest BCUT2D eigenvalue weighted by molar-refractivity contribution is -0.134. The lowest BCUT2D eigenvalue weighted by Crippen LogP contribution is -2.50. The molecule has 3 aliphatic carbocycles. The number of hydrogen-bond donors (Lipinski definition) is 2. The molecule has 0 spiro atoms. The summed E-state index contributed by atoms with van der Waals surface area (Å²) in [4.78, 5) is 17.3. The number of fused-ring (bicyclic) bond motifs is 5. The van der Waals surface area contributed by atoms with E-state index in [9.17, 15) is 14.8 Å². The van der Waals surface area contributed by atoms with Gasteiger partial charge in [0.05, 0.1) is 0 Å². The van der Waals surface area contributed by atoms with Gasteiger partial charge in [-0.1, -0.05) is 25.1 Å². The standard InChI is InChI=1S/C28H41BF2N2O3/c1-18(2)32-12-14-33(15-13-32)25(34)9-5-20-17-28(30,31)27(3)11-10-23-22-8-6-21(29(35)36)16-19(22)4-7-24(23)26(20)27/h6,8,16,18,20,23-24,26,35-36H,4-5,7,9-15,17H2,1-3H3/t20-,23?,24?,26?,27+/m1/s1. The molecule has 198 valence electrons. The quantitative estimate of drug-likeness (QED) is 0.606. The van der Waals surface area contributed by atoms with Crippen LogP contribution in [0, 0.1) is 23.2 Å². The number of benzene rings is 1. The number of amides is 1. The Kier molecular flexibility index (Phi) is 7.01. The first kappa shape index (κ1) is 26.1. The molecule has 5 nitrogen and oxygen atoms in total. The van der Waals surface area contributed by atoms with Gasteiger partial charge in [0.15, 0.2) is 0 Å². The molecule has 4 aliphatic rings. The van der Waals surface area contributed by atoms with E-state index in [0.717, 1.165) is 51.0 Å². The molecule has 8 heteroatoms. The smallest absolute Gasteiger partial charge is 0.423 e. The predicted octanol–water partition coefficient (Wildman–Crippen LogP) is 3.42. The highest BCUT2D eigenvalue weighted by Gasteiger charge is 2.67. The van der Waals surface area contributed by atoms with E-state index in [4.69, 9.17) is 0 Å². The van der Waals surface area contributed by atoms with Gasteiger partial charge in [-0.05, 0) is 86.2 Å². The van der Waals surface area contributed by atoms with Crippen molar-refractivity contribution in [2.75, 3.05) is 26.2 Å². The number of hydrogen-bond acceptors (Lipinski definition) is 4. The molecule has 5 rings (SSSR count). The average Bonchev–Trinajstić information content (AvgIpc) is 3.06. The Morgan fingerprint density at radius 1 is 1.17 bits per heavy atom. The van der Waals surface area contributed by atoms with Crippen molar-refractivity contribution in [1.29, 1.82) is 0 Å². The molecule has 1 aromatic carbocycles. The molecule has 0 radical (unpaired) electrons. The van der Waals surface area contributed by atoms with E-state index in [1.165, 1.54) is 5.56 Å². The minimum absolute atomic E-state index is 0.0897. The summed E-state index contributed by atoms with van der Waals surface area (Å²) in [7, 11) is -1.49. The van der Waals surface area contributed by atoms with E-state index in [-0.39, 0.29) is 36.0 Å². The Hall–Kier alpha value is -1.51. The van der Waals surface area contributed by atoms with Gasteiger partial charge < -0.3 is 14.9 Å². The third kappa shape index (κ3) is 4.41. The normalized spacial score (nSPS) is 33.7. The molecular weight excluding hydrogens is 461 g/mol. The molecule has 3 fully saturated rings. The summed E-state index contributed by atoms with van der Waals surface area (Å²) >= 11 is 0. The fraction of sp³-hybridized carbons (Fsp3) is 0.750. The Morgan fingerprint density at radius 2 is 1.89 bits per heavy atom. The number of alkyl halides is 2. The molecule has 0 aromatic heterocycles. The van der Waals surface area contributed by atoms with Crippen molar-refractivity contribution >= 4 is 18.5 Å². The van der Waals surface area contributed by atoms with Crippen molar-refractivity contribution in [3.63, 3.8) is 0 Å². The fourth-order valence-electron chi connectivity index (χ4n) is 8.23. The molecular formula is C28H41BF2N2O3. The Bertz CT molecular complexity index is 982. The fourth-order valence-corrected chi connectivity index (χ4v) is 8.23. The highest BCUT2D eigenvalue weighted by Crippen LogP contribution is 2.68. The third-order valence-corrected chi connectivity index (χ3v) is 10.3. The number of halogens is 2. The van der Waals surface area contributed by atoms with E-state index in [0.29, 0.717) is 30.8 Å². The van der Waals surface area contributed by atoms with Crippen LogP contribution in [0.3, 0.4) is 0 Å². The summed E-state index contributed by atoms with van der Waals surface area (Å²) in [6, 6.07) is 6.10. The zero-order chi connectivity index (χ0) is 25.8. The Balaban J connectivity index is 1.31. The van der Waals surface area contributed by atoms with Crippen LogP contribution in [0.1, 0.15) is 76.3 Å². The van der Waals surface area contributed by atoms with Crippen LogP contribution < -0.4 is 5.46 Å². The third-order valence-electron chi connectivity index (χ3n) is 10.3. The van der Waals surface area contributed by atoms with E-state index in [2.05, 4.69) is 18.7 Å². The maximum Gasteiger partial charge on any atom is 0.488 e. The maximum absolute atomic E-state index is 15.6. The van der Waals surface area contributed by atoms with E-state index < -0.39 is 18.5 Å². The first-order valence-electron chi connectivity index (χ1n) is 13.9. The number of rotatable bonds is 5. The number of nitrogens with zero attached hydrogens (tertiary/aromatic N) is 2. The lowest BCUT2D eigenvalue weighted by Gasteiger charge is -2.51. The number of carbonyl (C=O) groups excluding carboxylic acids is 1. The first-order valence-corrected chi connectivity index (χ1v) is 13.9. The SMILES string of the molecule is CC(C)N1CCN(C(=O)CC[C@@H]2CC(F)(F)[C@@]3(C)CCC4c5ccc(B(O)O)cc5CCC4C23)CC1. The highest BCUT2D eigenvalue weighted by molar-refractivity contribution is 6.58. The van der Waals surface area contributed by atoms with Crippen molar-refractivity contribution in [1.82, 2.24) is 9.80 Å². The van der Waals surface area contributed by atoms with Crippen LogP contribution in [0.5, 0.6) is 0 Å². The van der Waals surface area contributed by atoms with Crippen molar-refractivity contribution in [3.05, 3.63) is 29.3 Å².